The second-order valence-corrected chi connectivity index (χ2v) is 12.8. The Labute approximate surface area is 173 Å². The number of fused-ring (bicyclic) bond motifs is 5. The number of rotatable bonds is 5. The summed E-state index contributed by atoms with van der Waals surface area (Å²) < 4.78 is 0. The van der Waals surface area contributed by atoms with Crippen molar-refractivity contribution in [3.05, 3.63) is 0 Å². The van der Waals surface area contributed by atoms with Gasteiger partial charge in [-0.05, 0) is 96.7 Å². The van der Waals surface area contributed by atoms with E-state index in [4.69, 9.17) is 0 Å². The minimum absolute atomic E-state index is 0.396. The van der Waals surface area contributed by atoms with Crippen molar-refractivity contribution in [2.75, 3.05) is 0 Å². The lowest BCUT2D eigenvalue weighted by molar-refractivity contribution is -0.121. The van der Waals surface area contributed by atoms with Gasteiger partial charge >= 0.3 is 0 Å². The first kappa shape index (κ1) is 19.6. The molecular weight excluding hydrogens is 340 g/mol. The van der Waals surface area contributed by atoms with E-state index in [9.17, 15) is 4.79 Å². The molecule has 1 heteroatoms. The van der Waals surface area contributed by atoms with Gasteiger partial charge in [-0.3, -0.25) is 4.79 Å². The molecule has 0 amide bonds. The van der Waals surface area contributed by atoms with Crippen molar-refractivity contribution in [2.24, 2.45) is 57.7 Å². The summed E-state index contributed by atoms with van der Waals surface area (Å²) >= 11 is 0. The molecule has 158 valence electrons. The molecule has 28 heavy (non-hydrogen) atoms. The first-order valence-corrected chi connectivity index (χ1v) is 12.8. The number of ketones is 1. The third kappa shape index (κ3) is 2.34. The van der Waals surface area contributed by atoms with Gasteiger partial charge in [0.05, 0.1) is 0 Å². The van der Waals surface area contributed by atoms with E-state index in [0.29, 0.717) is 27.9 Å². The average molecular weight is 385 g/mol. The predicted molar refractivity (Wildman–Crippen MR) is 116 cm³/mol. The second-order valence-electron chi connectivity index (χ2n) is 12.8. The fourth-order valence-electron chi connectivity index (χ4n) is 10.3. The van der Waals surface area contributed by atoms with Crippen LogP contribution in [0.3, 0.4) is 0 Å². The van der Waals surface area contributed by atoms with E-state index >= 15 is 0 Å². The summed E-state index contributed by atoms with van der Waals surface area (Å²) in [4.78, 5) is 12.6. The zero-order chi connectivity index (χ0) is 19.9. The molecule has 0 radical (unpaired) electrons. The highest BCUT2D eigenvalue weighted by Crippen LogP contribution is 2.85. The van der Waals surface area contributed by atoms with Crippen LogP contribution in [0.1, 0.15) is 105 Å². The van der Waals surface area contributed by atoms with E-state index in [-0.39, 0.29) is 0 Å². The van der Waals surface area contributed by atoms with Crippen molar-refractivity contribution in [3.63, 3.8) is 0 Å². The maximum atomic E-state index is 12.6. The van der Waals surface area contributed by atoms with Gasteiger partial charge in [-0.1, -0.05) is 53.9 Å². The number of hydrogen-bond acceptors (Lipinski definition) is 1. The molecule has 5 fully saturated rings. The Hall–Kier alpha value is -0.330. The molecule has 1 nitrogen and oxygen atoms in total. The molecule has 5 rings (SSSR count). The summed E-state index contributed by atoms with van der Waals surface area (Å²) in [6.07, 6.45) is 15.1. The Morgan fingerprint density at radius 1 is 0.929 bits per heavy atom. The van der Waals surface area contributed by atoms with Gasteiger partial charge < -0.3 is 0 Å². The van der Waals surface area contributed by atoms with Crippen LogP contribution in [0.4, 0.5) is 0 Å². The SMILES string of the molecule is CC(C)CCC[C@@H](C)[C@H]1CC[C@H]2[C@@H]3CC[C@]45CCC(=O)[C@@H]4[C@]5(C)[C@H]3CC[C@]12C. The van der Waals surface area contributed by atoms with Crippen LogP contribution in [0.25, 0.3) is 0 Å². The number of Topliss-reactive ketones (excluding diaryl/α,β-unsaturated/α-hetero) is 1. The summed E-state index contributed by atoms with van der Waals surface area (Å²) in [7, 11) is 0. The third-order valence-electron chi connectivity index (χ3n) is 11.6. The zero-order valence-corrected chi connectivity index (χ0v) is 19.2. The number of carbonyl (C=O) groups is 1. The molecule has 0 bridgehead atoms. The standard InChI is InChI=1S/C27H44O/c1-17(2)7-6-8-18(3)20-9-10-21-19-11-15-27-16-13-23(28)24(27)26(27,5)22(19)12-14-25(20,21)4/h17-22,24H,6-16H2,1-5H3/t18-,19+,20-,21+,22+,24-,25-,26+,27+/m1/s1. The lowest BCUT2D eigenvalue weighted by Crippen LogP contribution is -2.48. The molecule has 0 heterocycles. The lowest BCUT2D eigenvalue weighted by atomic mass is 9.50. The molecule has 5 aliphatic carbocycles. The van der Waals surface area contributed by atoms with E-state index in [2.05, 4.69) is 34.6 Å². The average Bonchev–Trinajstić information content (AvgIpc) is 2.87. The van der Waals surface area contributed by atoms with Crippen LogP contribution in [0.2, 0.25) is 0 Å². The van der Waals surface area contributed by atoms with Gasteiger partial charge in [-0.15, -0.1) is 0 Å². The van der Waals surface area contributed by atoms with Gasteiger partial charge in [0.15, 0.2) is 0 Å². The van der Waals surface area contributed by atoms with Gasteiger partial charge in [-0.2, -0.15) is 0 Å². The summed E-state index contributed by atoms with van der Waals surface area (Å²) in [6.45, 7) is 12.6. The van der Waals surface area contributed by atoms with Crippen molar-refractivity contribution < 1.29 is 4.79 Å². The largest absolute Gasteiger partial charge is 0.299 e. The molecule has 1 spiro atoms. The quantitative estimate of drug-likeness (QED) is 0.486. The van der Waals surface area contributed by atoms with Crippen molar-refractivity contribution in [3.8, 4) is 0 Å². The maximum Gasteiger partial charge on any atom is 0.137 e. The van der Waals surface area contributed by atoms with Crippen LogP contribution in [-0.4, -0.2) is 5.78 Å². The first-order valence-electron chi connectivity index (χ1n) is 12.8. The molecular formula is C27H44O. The molecule has 0 aliphatic heterocycles. The Morgan fingerprint density at radius 2 is 1.71 bits per heavy atom. The van der Waals surface area contributed by atoms with E-state index in [1.165, 1.54) is 64.2 Å². The van der Waals surface area contributed by atoms with Gasteiger partial charge in [0.25, 0.3) is 0 Å². The molecule has 0 aromatic rings. The molecule has 9 atom stereocenters. The Balaban J connectivity index is 1.32. The summed E-state index contributed by atoms with van der Waals surface area (Å²) in [6, 6.07) is 0. The molecule has 0 aromatic carbocycles. The van der Waals surface area contributed by atoms with Crippen molar-refractivity contribution >= 4 is 5.78 Å². The summed E-state index contributed by atoms with van der Waals surface area (Å²) in [5.74, 6) is 6.56. The van der Waals surface area contributed by atoms with Crippen LogP contribution in [0.5, 0.6) is 0 Å². The van der Waals surface area contributed by atoms with Crippen LogP contribution in [-0.2, 0) is 4.79 Å². The Morgan fingerprint density at radius 3 is 2.46 bits per heavy atom. The van der Waals surface area contributed by atoms with Crippen molar-refractivity contribution in [2.45, 2.75) is 105 Å². The number of carbonyl (C=O) groups excluding carboxylic acids is 1. The number of hydrogen-bond donors (Lipinski definition) is 0. The Kier molecular flexibility index (Phi) is 4.44. The minimum Gasteiger partial charge on any atom is -0.299 e. The van der Waals surface area contributed by atoms with Gasteiger partial charge in [0.1, 0.15) is 5.78 Å². The molecule has 0 unspecified atom stereocenters. The van der Waals surface area contributed by atoms with Gasteiger partial charge in [0, 0.05) is 12.3 Å². The maximum absolute atomic E-state index is 12.6. The molecule has 0 N–H and O–H groups in total. The van der Waals surface area contributed by atoms with Gasteiger partial charge in [-0.25, -0.2) is 0 Å². The van der Waals surface area contributed by atoms with Crippen molar-refractivity contribution in [1.82, 2.24) is 0 Å². The normalized spacial score (nSPS) is 52.8. The fourth-order valence-corrected chi connectivity index (χ4v) is 10.3. The second kappa shape index (κ2) is 6.34. The van der Waals surface area contributed by atoms with E-state index < -0.39 is 0 Å². The highest BCUT2D eigenvalue weighted by molar-refractivity contribution is 5.90. The molecule has 5 aliphatic rings. The molecule has 0 saturated heterocycles. The predicted octanol–water partition coefficient (Wildman–Crippen LogP) is 7.29. The summed E-state index contributed by atoms with van der Waals surface area (Å²) in [5, 5.41) is 0. The summed E-state index contributed by atoms with van der Waals surface area (Å²) in [5.41, 5.74) is 1.45. The first-order chi connectivity index (χ1) is 13.3. The van der Waals surface area contributed by atoms with Crippen LogP contribution in [0, 0.1) is 57.7 Å². The monoisotopic (exact) mass is 384 g/mol. The van der Waals surface area contributed by atoms with E-state index in [1.807, 2.05) is 0 Å². The zero-order valence-electron chi connectivity index (χ0n) is 19.2. The van der Waals surface area contributed by atoms with Crippen LogP contribution < -0.4 is 0 Å². The van der Waals surface area contributed by atoms with E-state index in [0.717, 1.165) is 41.9 Å². The molecule has 0 aromatic heterocycles. The Bertz CT molecular complexity index is 651. The van der Waals surface area contributed by atoms with Gasteiger partial charge in [0.2, 0.25) is 0 Å². The highest BCUT2D eigenvalue weighted by Gasteiger charge is 2.82. The highest BCUT2D eigenvalue weighted by atomic mass is 16.1. The minimum atomic E-state index is 0.396. The van der Waals surface area contributed by atoms with Crippen molar-refractivity contribution in [1.29, 1.82) is 0 Å². The topological polar surface area (TPSA) is 17.1 Å². The third-order valence-corrected chi connectivity index (χ3v) is 11.6. The molecule has 5 saturated carbocycles. The lowest BCUT2D eigenvalue weighted by Gasteiger charge is -2.55. The van der Waals surface area contributed by atoms with Crippen LogP contribution in [0.15, 0.2) is 0 Å². The van der Waals surface area contributed by atoms with Crippen LogP contribution >= 0.6 is 0 Å². The smallest absolute Gasteiger partial charge is 0.137 e. The fraction of sp³-hybridized carbons (Fsp3) is 0.963. The van der Waals surface area contributed by atoms with E-state index in [1.54, 1.807) is 0 Å².